The van der Waals surface area contributed by atoms with Crippen molar-refractivity contribution < 1.29 is 4.79 Å². The van der Waals surface area contributed by atoms with Crippen molar-refractivity contribution in [3.05, 3.63) is 11.9 Å². The Balaban J connectivity index is 3.50. The zero-order chi connectivity index (χ0) is 4.99. The molecule has 4 N–H and O–H groups in total. The summed E-state index contributed by atoms with van der Waals surface area (Å²) in [5.74, 6) is 0. The maximum atomic E-state index is 9.46. The van der Waals surface area contributed by atoms with E-state index in [4.69, 9.17) is 11.5 Å². The van der Waals surface area contributed by atoms with Crippen LogP contribution in [0.5, 0.6) is 0 Å². The number of carbonyl (C=O) groups excluding carboxylic acids is 1. The Labute approximate surface area is 35.6 Å². The molecule has 0 heterocycles. The summed E-state index contributed by atoms with van der Waals surface area (Å²) in [5, 5.41) is 0. The van der Waals surface area contributed by atoms with Gasteiger partial charge in [0.05, 0.1) is 5.70 Å². The molecule has 0 radical (unpaired) electrons. The van der Waals surface area contributed by atoms with Gasteiger partial charge in [0.2, 0.25) is 0 Å². The number of nitrogens with two attached hydrogens (primary N) is 2. The van der Waals surface area contributed by atoms with Gasteiger partial charge in [0.1, 0.15) is 0 Å². The third-order valence-corrected chi connectivity index (χ3v) is 0.329. The highest BCUT2D eigenvalue weighted by atomic mass is 16.1. The Bertz CT molecular complexity index is 76.9. The molecule has 0 fully saturated rings. The first-order valence-electron chi connectivity index (χ1n) is 1.44. The van der Waals surface area contributed by atoms with Crippen LogP contribution in [-0.4, -0.2) is 6.29 Å². The monoisotopic (exact) mass is 86.0 g/mol. The zero-order valence-corrected chi connectivity index (χ0v) is 3.22. The second-order valence-electron chi connectivity index (χ2n) is 0.785. The lowest BCUT2D eigenvalue weighted by Gasteiger charge is -1.76. The molecule has 0 saturated carbocycles. The van der Waals surface area contributed by atoms with Gasteiger partial charge < -0.3 is 11.5 Å². The number of hydrogen-bond acceptors (Lipinski definition) is 3. The lowest BCUT2D eigenvalue weighted by molar-refractivity contribution is -0.104. The van der Waals surface area contributed by atoms with Crippen LogP contribution in [0.2, 0.25) is 0 Å². The SMILES string of the molecule is N/C=C(\N)C=O. The van der Waals surface area contributed by atoms with E-state index in [1.165, 1.54) is 0 Å². The minimum atomic E-state index is 0.0648. The molecule has 0 aromatic heterocycles. The van der Waals surface area contributed by atoms with E-state index in [1.54, 1.807) is 0 Å². The van der Waals surface area contributed by atoms with Gasteiger partial charge >= 0.3 is 0 Å². The summed E-state index contributed by atoms with van der Waals surface area (Å²) in [6, 6.07) is 0. The Morgan fingerprint density at radius 3 is 2.17 bits per heavy atom. The van der Waals surface area contributed by atoms with Gasteiger partial charge in [-0.3, -0.25) is 4.79 Å². The van der Waals surface area contributed by atoms with Gasteiger partial charge in [-0.1, -0.05) is 0 Å². The van der Waals surface area contributed by atoms with Crippen LogP contribution < -0.4 is 11.5 Å². The van der Waals surface area contributed by atoms with Crippen molar-refractivity contribution >= 4 is 6.29 Å². The van der Waals surface area contributed by atoms with Crippen LogP contribution in [0.3, 0.4) is 0 Å². The van der Waals surface area contributed by atoms with Gasteiger partial charge in [0.15, 0.2) is 6.29 Å². The van der Waals surface area contributed by atoms with Crippen molar-refractivity contribution in [2.45, 2.75) is 0 Å². The minimum Gasteiger partial charge on any atom is -0.403 e. The van der Waals surface area contributed by atoms with Crippen molar-refractivity contribution in [3.8, 4) is 0 Å². The van der Waals surface area contributed by atoms with Gasteiger partial charge in [-0.05, 0) is 0 Å². The summed E-state index contributed by atoms with van der Waals surface area (Å²) in [6.07, 6.45) is 1.53. The Kier molecular flexibility index (Phi) is 1.89. The fourth-order valence-corrected chi connectivity index (χ4v) is 0.0393. The molecule has 0 atom stereocenters. The molecular weight excluding hydrogens is 80.0 g/mol. The van der Waals surface area contributed by atoms with Gasteiger partial charge in [-0.25, -0.2) is 0 Å². The fraction of sp³-hybridized carbons (Fsp3) is 0. The molecule has 0 aromatic rings. The van der Waals surface area contributed by atoms with Gasteiger partial charge in [-0.2, -0.15) is 0 Å². The summed E-state index contributed by atoms with van der Waals surface area (Å²) in [4.78, 5) is 9.46. The molecule has 3 nitrogen and oxygen atoms in total. The molecule has 0 bridgehead atoms. The third-order valence-electron chi connectivity index (χ3n) is 0.329. The van der Waals surface area contributed by atoms with Gasteiger partial charge in [0.25, 0.3) is 0 Å². The van der Waals surface area contributed by atoms with E-state index in [0.29, 0.717) is 6.29 Å². The van der Waals surface area contributed by atoms with Gasteiger partial charge in [0, 0.05) is 6.20 Å². The van der Waals surface area contributed by atoms with E-state index >= 15 is 0 Å². The van der Waals surface area contributed by atoms with E-state index in [2.05, 4.69) is 0 Å². The first-order chi connectivity index (χ1) is 2.81. The number of aldehydes is 1. The second-order valence-corrected chi connectivity index (χ2v) is 0.785. The molecule has 0 unspecified atom stereocenters. The van der Waals surface area contributed by atoms with E-state index in [0.717, 1.165) is 6.20 Å². The van der Waals surface area contributed by atoms with Crippen molar-refractivity contribution in [1.82, 2.24) is 0 Å². The van der Waals surface area contributed by atoms with Crippen LogP contribution in [0.25, 0.3) is 0 Å². The van der Waals surface area contributed by atoms with Crippen LogP contribution in [-0.2, 0) is 4.79 Å². The largest absolute Gasteiger partial charge is 0.403 e. The lowest BCUT2D eigenvalue weighted by Crippen LogP contribution is -2.00. The highest BCUT2D eigenvalue weighted by molar-refractivity contribution is 5.71. The first-order valence-corrected chi connectivity index (χ1v) is 1.44. The molecular formula is C3H6N2O. The second kappa shape index (κ2) is 2.26. The molecule has 0 spiro atoms. The van der Waals surface area contributed by atoms with Crippen molar-refractivity contribution in [2.75, 3.05) is 0 Å². The predicted octanol–water partition coefficient (Wildman–Crippen LogP) is -1.06. The molecule has 0 aliphatic carbocycles. The van der Waals surface area contributed by atoms with Crippen LogP contribution in [0.15, 0.2) is 11.9 Å². The van der Waals surface area contributed by atoms with Crippen LogP contribution in [0.4, 0.5) is 0 Å². The summed E-state index contributed by atoms with van der Waals surface area (Å²) in [7, 11) is 0. The molecule has 0 aliphatic rings. The Morgan fingerprint density at radius 2 is 2.17 bits per heavy atom. The number of hydrogen-bond donors (Lipinski definition) is 2. The van der Waals surface area contributed by atoms with Crippen LogP contribution >= 0.6 is 0 Å². The predicted molar refractivity (Wildman–Crippen MR) is 22.5 cm³/mol. The standard InChI is InChI=1S/C3H6N2O/c4-1-3(5)2-6/h1-2H,4-5H2/b3-1-. The molecule has 0 rings (SSSR count). The minimum absolute atomic E-state index is 0.0648. The maximum absolute atomic E-state index is 9.46. The average molecular weight is 86.1 g/mol. The quantitative estimate of drug-likeness (QED) is 0.316. The van der Waals surface area contributed by atoms with E-state index in [9.17, 15) is 4.79 Å². The highest BCUT2D eigenvalue weighted by Crippen LogP contribution is 1.62. The zero-order valence-electron chi connectivity index (χ0n) is 3.22. The number of allylic oxidation sites excluding steroid dienone is 1. The van der Waals surface area contributed by atoms with Crippen LogP contribution in [0, 0.1) is 0 Å². The van der Waals surface area contributed by atoms with Crippen molar-refractivity contribution in [2.24, 2.45) is 11.5 Å². The molecule has 0 amide bonds. The smallest absolute Gasteiger partial charge is 0.167 e. The number of carbonyl (C=O) groups is 1. The third kappa shape index (κ3) is 1.34. The summed E-state index contributed by atoms with van der Waals surface area (Å²) >= 11 is 0. The molecule has 3 heteroatoms. The Morgan fingerprint density at radius 1 is 1.67 bits per heavy atom. The average Bonchev–Trinajstić information content (AvgIpc) is 1.65. The summed E-state index contributed by atoms with van der Waals surface area (Å²) in [6.45, 7) is 0. The van der Waals surface area contributed by atoms with Crippen molar-refractivity contribution in [1.29, 1.82) is 0 Å². The summed E-state index contributed by atoms with van der Waals surface area (Å²) in [5.41, 5.74) is 9.67. The summed E-state index contributed by atoms with van der Waals surface area (Å²) < 4.78 is 0. The Hall–Kier alpha value is -0.990. The van der Waals surface area contributed by atoms with Crippen LogP contribution in [0.1, 0.15) is 0 Å². The van der Waals surface area contributed by atoms with Gasteiger partial charge in [-0.15, -0.1) is 0 Å². The number of rotatable bonds is 1. The lowest BCUT2D eigenvalue weighted by atomic mass is 10.6. The van der Waals surface area contributed by atoms with E-state index in [-0.39, 0.29) is 5.70 Å². The van der Waals surface area contributed by atoms with E-state index < -0.39 is 0 Å². The molecule has 0 saturated heterocycles. The molecule has 34 valence electrons. The van der Waals surface area contributed by atoms with Crippen molar-refractivity contribution in [3.63, 3.8) is 0 Å². The molecule has 0 aromatic carbocycles. The maximum Gasteiger partial charge on any atom is 0.167 e. The highest BCUT2D eigenvalue weighted by Gasteiger charge is 1.73. The fourth-order valence-electron chi connectivity index (χ4n) is 0.0393. The van der Waals surface area contributed by atoms with E-state index in [1.807, 2.05) is 0 Å². The molecule has 0 aliphatic heterocycles. The topological polar surface area (TPSA) is 69.1 Å². The normalized spacial score (nSPS) is 11.0. The first kappa shape index (κ1) is 5.01. The molecule has 6 heavy (non-hydrogen) atoms.